The van der Waals surface area contributed by atoms with E-state index in [9.17, 15) is 5.11 Å². The molecule has 0 fully saturated rings. The number of halogens is 1. The largest absolute Gasteiger partial charge is 0.488 e. The summed E-state index contributed by atoms with van der Waals surface area (Å²) < 4.78 is 5.95. The number of nitrogens with zero attached hydrogens (tertiary/aromatic N) is 1. The molecule has 2 unspecified atom stereocenters. The van der Waals surface area contributed by atoms with Crippen molar-refractivity contribution in [3.63, 3.8) is 0 Å². The number of rotatable bonds is 6. The van der Waals surface area contributed by atoms with Crippen LogP contribution in [0.15, 0.2) is 46.8 Å². The fourth-order valence-corrected chi connectivity index (χ4v) is 3.60. The van der Waals surface area contributed by atoms with Crippen LogP contribution in [-0.2, 0) is 12.0 Å². The Morgan fingerprint density at radius 2 is 2.12 bits per heavy atom. The van der Waals surface area contributed by atoms with Gasteiger partial charge in [0.05, 0.1) is 13.1 Å². The molecule has 3 rings (SSSR count). The summed E-state index contributed by atoms with van der Waals surface area (Å²) in [6.07, 6.45) is 0.995. The van der Waals surface area contributed by atoms with Gasteiger partial charge in [0.1, 0.15) is 17.5 Å². The van der Waals surface area contributed by atoms with Crippen molar-refractivity contribution in [1.29, 1.82) is 0 Å². The van der Waals surface area contributed by atoms with Gasteiger partial charge in [0, 0.05) is 17.8 Å². The number of guanidine groups is 1. The van der Waals surface area contributed by atoms with Crippen molar-refractivity contribution in [3.05, 3.63) is 52.2 Å². The predicted molar refractivity (Wildman–Crippen MR) is 118 cm³/mol. The molecule has 0 saturated carbocycles. The van der Waals surface area contributed by atoms with Gasteiger partial charge in [-0.1, -0.05) is 24.3 Å². The van der Waals surface area contributed by atoms with Crippen LogP contribution in [0.2, 0.25) is 0 Å². The van der Waals surface area contributed by atoms with Crippen molar-refractivity contribution >= 4 is 41.3 Å². The number of ether oxygens (including phenoxy) is 1. The number of fused-ring (bicyclic) bond motifs is 1. The quantitative estimate of drug-likeness (QED) is 0.333. The lowest BCUT2D eigenvalue weighted by Gasteiger charge is -2.21. The second-order valence-corrected chi connectivity index (χ2v) is 7.33. The fourth-order valence-electron chi connectivity index (χ4n) is 2.82. The molecule has 0 amide bonds. The molecule has 0 radical (unpaired) electrons. The molecule has 0 spiro atoms. The monoisotopic (exact) mass is 487 g/mol. The molecule has 142 valence electrons. The maximum Gasteiger partial charge on any atom is 0.191 e. The lowest BCUT2D eigenvalue weighted by molar-refractivity contribution is 0.0711. The minimum absolute atomic E-state index is 0. The number of hydrogen-bond donors (Lipinski definition) is 3. The first kappa shape index (κ1) is 21.0. The highest BCUT2D eigenvalue weighted by molar-refractivity contribution is 14.0. The molecule has 2 atom stereocenters. The van der Waals surface area contributed by atoms with E-state index >= 15 is 0 Å². The third kappa shape index (κ3) is 5.34. The van der Waals surface area contributed by atoms with Crippen LogP contribution >= 0.6 is 35.3 Å². The van der Waals surface area contributed by atoms with Crippen LogP contribution in [0.3, 0.4) is 0 Å². The highest BCUT2D eigenvalue weighted by Crippen LogP contribution is 2.28. The fraction of sp³-hybridized carbons (Fsp3) is 0.421. The summed E-state index contributed by atoms with van der Waals surface area (Å²) in [5.74, 6) is 1.66. The molecular formula is C19H26IN3O2S. The van der Waals surface area contributed by atoms with Gasteiger partial charge < -0.3 is 20.5 Å². The number of aliphatic imine (C=N–C) groups is 1. The molecule has 7 heteroatoms. The van der Waals surface area contributed by atoms with E-state index in [1.54, 1.807) is 18.3 Å². The molecule has 1 aliphatic rings. The van der Waals surface area contributed by atoms with Gasteiger partial charge in [-0.2, -0.15) is 0 Å². The standard InChI is InChI=1S/C19H25N3O2S.HI/c1-3-20-18(22-13-19(2,23)17-9-6-10-25-17)21-12-15-11-14-7-4-5-8-16(14)24-15;/h4-10,15,23H,3,11-13H2,1-2H3,(H2,20,21,22);1H. The Morgan fingerprint density at radius 3 is 2.81 bits per heavy atom. The Hall–Kier alpha value is -1.32. The highest BCUT2D eigenvalue weighted by Gasteiger charge is 2.25. The molecule has 1 aromatic carbocycles. The third-order valence-electron chi connectivity index (χ3n) is 4.15. The van der Waals surface area contributed by atoms with Crippen LogP contribution in [0.4, 0.5) is 0 Å². The molecule has 0 bridgehead atoms. The zero-order valence-corrected chi connectivity index (χ0v) is 18.2. The van der Waals surface area contributed by atoms with Crippen LogP contribution < -0.4 is 15.4 Å². The number of hydrogen-bond acceptors (Lipinski definition) is 4. The van der Waals surface area contributed by atoms with Gasteiger partial charge in [-0.05, 0) is 36.9 Å². The zero-order valence-electron chi connectivity index (χ0n) is 15.1. The van der Waals surface area contributed by atoms with Gasteiger partial charge in [-0.15, -0.1) is 35.3 Å². The Kier molecular flexibility index (Phi) is 7.72. The van der Waals surface area contributed by atoms with Crippen LogP contribution in [0.1, 0.15) is 24.3 Å². The first-order valence-corrected chi connectivity index (χ1v) is 9.49. The SMILES string of the molecule is CCNC(=NCC(C)(O)c1cccs1)NCC1Cc2ccccc2O1.I. The van der Waals surface area contributed by atoms with Crippen molar-refractivity contribution in [3.8, 4) is 5.75 Å². The lowest BCUT2D eigenvalue weighted by Crippen LogP contribution is -2.43. The summed E-state index contributed by atoms with van der Waals surface area (Å²) in [6.45, 7) is 5.55. The number of nitrogens with one attached hydrogen (secondary N) is 2. The smallest absolute Gasteiger partial charge is 0.191 e. The Morgan fingerprint density at radius 1 is 1.31 bits per heavy atom. The van der Waals surface area contributed by atoms with E-state index < -0.39 is 5.60 Å². The average Bonchev–Trinajstić information content (AvgIpc) is 3.26. The van der Waals surface area contributed by atoms with Crippen molar-refractivity contribution < 1.29 is 9.84 Å². The number of thiophene rings is 1. The summed E-state index contributed by atoms with van der Waals surface area (Å²) in [5, 5.41) is 19.1. The summed E-state index contributed by atoms with van der Waals surface area (Å²) in [5.41, 5.74) is 0.285. The number of aliphatic hydroxyl groups is 1. The van der Waals surface area contributed by atoms with Crippen LogP contribution in [0.5, 0.6) is 5.75 Å². The van der Waals surface area contributed by atoms with E-state index in [1.165, 1.54) is 5.56 Å². The van der Waals surface area contributed by atoms with Crippen molar-refractivity contribution in [1.82, 2.24) is 10.6 Å². The van der Waals surface area contributed by atoms with Gasteiger partial charge in [0.15, 0.2) is 5.96 Å². The van der Waals surface area contributed by atoms with Crippen molar-refractivity contribution in [2.75, 3.05) is 19.6 Å². The van der Waals surface area contributed by atoms with Gasteiger partial charge in [0.2, 0.25) is 0 Å². The maximum atomic E-state index is 10.6. The first-order valence-electron chi connectivity index (χ1n) is 8.61. The topological polar surface area (TPSA) is 65.9 Å². The second kappa shape index (κ2) is 9.57. The summed E-state index contributed by atoms with van der Waals surface area (Å²) >= 11 is 1.54. The summed E-state index contributed by atoms with van der Waals surface area (Å²) in [4.78, 5) is 5.46. The van der Waals surface area contributed by atoms with E-state index in [0.717, 1.165) is 23.6 Å². The van der Waals surface area contributed by atoms with Crippen molar-refractivity contribution in [2.45, 2.75) is 32.0 Å². The normalized spacial score (nSPS) is 18.3. The number of para-hydroxylation sites is 1. The zero-order chi connectivity index (χ0) is 17.7. The Balaban J connectivity index is 0.00000243. The molecule has 26 heavy (non-hydrogen) atoms. The molecule has 2 aromatic rings. The number of benzene rings is 1. The minimum atomic E-state index is -0.962. The molecule has 3 N–H and O–H groups in total. The Labute approximate surface area is 175 Å². The minimum Gasteiger partial charge on any atom is -0.488 e. The summed E-state index contributed by atoms with van der Waals surface area (Å²) in [6, 6.07) is 12.0. The third-order valence-corrected chi connectivity index (χ3v) is 5.28. The molecule has 5 nitrogen and oxygen atoms in total. The van der Waals surface area contributed by atoms with Crippen LogP contribution in [-0.4, -0.2) is 36.8 Å². The molecule has 1 aromatic heterocycles. The van der Waals surface area contributed by atoms with Crippen LogP contribution in [0.25, 0.3) is 0 Å². The second-order valence-electron chi connectivity index (χ2n) is 6.38. The molecule has 0 aliphatic carbocycles. The average molecular weight is 487 g/mol. The van der Waals surface area contributed by atoms with E-state index in [1.807, 2.05) is 42.6 Å². The van der Waals surface area contributed by atoms with E-state index in [-0.39, 0.29) is 30.1 Å². The van der Waals surface area contributed by atoms with Gasteiger partial charge in [-0.3, -0.25) is 0 Å². The Bertz CT molecular complexity index is 694. The van der Waals surface area contributed by atoms with E-state index in [0.29, 0.717) is 19.0 Å². The van der Waals surface area contributed by atoms with Gasteiger partial charge in [-0.25, -0.2) is 4.99 Å². The van der Waals surface area contributed by atoms with Crippen molar-refractivity contribution in [2.24, 2.45) is 4.99 Å². The lowest BCUT2D eigenvalue weighted by atomic mass is 10.1. The molecular weight excluding hydrogens is 461 g/mol. The summed E-state index contributed by atoms with van der Waals surface area (Å²) in [7, 11) is 0. The maximum absolute atomic E-state index is 10.6. The van der Waals surface area contributed by atoms with Gasteiger partial charge >= 0.3 is 0 Å². The molecule has 1 aliphatic heterocycles. The van der Waals surface area contributed by atoms with Crippen LogP contribution in [0, 0.1) is 0 Å². The molecule has 2 heterocycles. The first-order chi connectivity index (χ1) is 12.1. The van der Waals surface area contributed by atoms with E-state index in [4.69, 9.17) is 4.74 Å². The molecule has 0 saturated heterocycles. The predicted octanol–water partition coefficient (Wildman–Crippen LogP) is 3.13. The highest BCUT2D eigenvalue weighted by atomic mass is 127. The van der Waals surface area contributed by atoms with Gasteiger partial charge in [0.25, 0.3) is 0 Å². The van der Waals surface area contributed by atoms with E-state index in [2.05, 4.69) is 21.7 Å².